The monoisotopic (exact) mass is 210 g/mol. The highest BCUT2D eigenvalue weighted by Gasteiger charge is 2.29. The summed E-state index contributed by atoms with van der Waals surface area (Å²) in [5.74, 6) is -1.06. The van der Waals surface area contributed by atoms with Crippen molar-refractivity contribution in [3.63, 3.8) is 0 Å². The number of benzene rings is 1. The molecule has 1 aromatic carbocycles. The second kappa shape index (κ2) is 4.42. The Morgan fingerprint density at radius 3 is 2.27 bits per heavy atom. The second-order valence-electron chi connectivity index (χ2n) is 3.73. The fourth-order valence-electron chi connectivity index (χ4n) is 1.42. The lowest BCUT2D eigenvalue weighted by Gasteiger charge is -2.26. The van der Waals surface area contributed by atoms with E-state index in [1.807, 2.05) is 0 Å². The molecule has 4 nitrogen and oxygen atoms in total. The van der Waals surface area contributed by atoms with Gasteiger partial charge in [0, 0.05) is 5.41 Å². The van der Waals surface area contributed by atoms with Crippen LogP contribution in [0.3, 0.4) is 0 Å². The summed E-state index contributed by atoms with van der Waals surface area (Å²) in [7, 11) is 0. The fraction of sp³-hybridized carbons (Fsp3) is 0.364. The molecule has 0 atom stereocenters. The molecule has 0 saturated heterocycles. The highest BCUT2D eigenvalue weighted by atomic mass is 16.4. The summed E-state index contributed by atoms with van der Waals surface area (Å²) < 4.78 is 0. The van der Waals surface area contributed by atoms with E-state index in [0.29, 0.717) is 5.56 Å². The maximum absolute atomic E-state index is 10.9. The molecule has 1 rings (SSSR count). The molecule has 4 heteroatoms. The van der Waals surface area contributed by atoms with Crippen LogP contribution in [-0.4, -0.2) is 34.5 Å². The van der Waals surface area contributed by atoms with Crippen molar-refractivity contribution >= 4 is 5.97 Å². The molecule has 3 N–H and O–H groups in total. The van der Waals surface area contributed by atoms with E-state index in [1.165, 1.54) is 6.07 Å². The van der Waals surface area contributed by atoms with E-state index in [2.05, 4.69) is 0 Å². The minimum atomic E-state index is -1.06. The Labute approximate surface area is 87.8 Å². The number of aromatic carboxylic acids is 1. The van der Waals surface area contributed by atoms with Gasteiger partial charge in [-0.15, -0.1) is 0 Å². The summed E-state index contributed by atoms with van der Waals surface area (Å²) in [6, 6.07) is 6.37. The molecule has 1 aromatic rings. The van der Waals surface area contributed by atoms with E-state index in [4.69, 9.17) is 5.11 Å². The van der Waals surface area contributed by atoms with Crippen LogP contribution in [0.1, 0.15) is 22.8 Å². The molecular formula is C11H14O4. The number of hydrogen-bond donors (Lipinski definition) is 3. The molecule has 0 bridgehead atoms. The zero-order chi connectivity index (χ0) is 11.5. The van der Waals surface area contributed by atoms with Crippen LogP contribution in [0.15, 0.2) is 24.3 Å². The lowest BCUT2D eigenvalue weighted by atomic mass is 9.81. The van der Waals surface area contributed by atoms with Crippen molar-refractivity contribution in [2.75, 3.05) is 13.2 Å². The van der Waals surface area contributed by atoms with Crippen molar-refractivity contribution in [1.29, 1.82) is 0 Å². The maximum Gasteiger partial charge on any atom is 0.335 e. The predicted molar refractivity (Wildman–Crippen MR) is 54.9 cm³/mol. The Kier molecular flexibility index (Phi) is 3.44. The molecule has 0 spiro atoms. The molecule has 0 aliphatic rings. The van der Waals surface area contributed by atoms with Crippen LogP contribution < -0.4 is 0 Å². The van der Waals surface area contributed by atoms with Crippen LogP contribution in [-0.2, 0) is 5.41 Å². The molecule has 0 unspecified atom stereocenters. The summed E-state index contributed by atoms with van der Waals surface area (Å²) in [5, 5.41) is 27.3. The molecule has 0 saturated carbocycles. The van der Waals surface area contributed by atoms with E-state index in [-0.39, 0.29) is 18.8 Å². The van der Waals surface area contributed by atoms with Gasteiger partial charge in [0.05, 0.1) is 18.8 Å². The van der Waals surface area contributed by atoms with E-state index >= 15 is 0 Å². The maximum atomic E-state index is 10.9. The number of carboxylic acids is 1. The Balaban J connectivity index is 3.29. The van der Waals surface area contributed by atoms with Crippen molar-refractivity contribution in [2.24, 2.45) is 0 Å². The molecule has 82 valence electrons. The van der Waals surface area contributed by atoms with Gasteiger partial charge in [-0.2, -0.15) is 0 Å². The van der Waals surface area contributed by atoms with Crippen molar-refractivity contribution in [1.82, 2.24) is 0 Å². The van der Waals surface area contributed by atoms with E-state index in [1.54, 1.807) is 25.1 Å². The number of rotatable bonds is 4. The third-order valence-electron chi connectivity index (χ3n) is 2.51. The normalized spacial score (nSPS) is 11.4. The van der Waals surface area contributed by atoms with E-state index in [9.17, 15) is 15.0 Å². The standard InChI is InChI=1S/C11H14O4/c1-11(6-12,7-13)9-5-3-2-4-8(9)10(14)15/h2-5,12-13H,6-7H2,1H3,(H,14,15). The van der Waals surface area contributed by atoms with Crippen molar-refractivity contribution < 1.29 is 20.1 Å². The third kappa shape index (κ3) is 2.16. The van der Waals surface area contributed by atoms with Gasteiger partial charge in [0.15, 0.2) is 0 Å². The number of aliphatic hydroxyl groups is 2. The molecule has 0 aliphatic heterocycles. The van der Waals surface area contributed by atoms with E-state index in [0.717, 1.165) is 0 Å². The number of hydrogen-bond acceptors (Lipinski definition) is 3. The van der Waals surface area contributed by atoms with Gasteiger partial charge in [-0.1, -0.05) is 25.1 Å². The van der Waals surface area contributed by atoms with Gasteiger partial charge in [-0.3, -0.25) is 0 Å². The number of aliphatic hydroxyl groups excluding tert-OH is 2. The van der Waals surface area contributed by atoms with Gasteiger partial charge in [-0.05, 0) is 11.6 Å². The average molecular weight is 210 g/mol. The SMILES string of the molecule is CC(CO)(CO)c1ccccc1C(=O)O. The van der Waals surface area contributed by atoms with Gasteiger partial charge >= 0.3 is 5.97 Å². The van der Waals surface area contributed by atoms with Gasteiger partial charge in [0.1, 0.15) is 0 Å². The van der Waals surface area contributed by atoms with Crippen LogP contribution in [0.5, 0.6) is 0 Å². The highest BCUT2D eigenvalue weighted by Crippen LogP contribution is 2.26. The van der Waals surface area contributed by atoms with Crippen LogP contribution in [0.4, 0.5) is 0 Å². The zero-order valence-electron chi connectivity index (χ0n) is 8.47. The Morgan fingerprint density at radius 1 is 1.27 bits per heavy atom. The van der Waals surface area contributed by atoms with Gasteiger partial charge in [-0.25, -0.2) is 4.79 Å². The minimum absolute atomic E-state index is 0.114. The summed E-state index contributed by atoms with van der Waals surface area (Å²) >= 11 is 0. The smallest absolute Gasteiger partial charge is 0.335 e. The Hall–Kier alpha value is -1.39. The number of carboxylic acid groups (broad SMARTS) is 1. The first-order chi connectivity index (χ1) is 7.05. The third-order valence-corrected chi connectivity index (χ3v) is 2.51. The molecular weight excluding hydrogens is 196 g/mol. The molecule has 0 heterocycles. The van der Waals surface area contributed by atoms with Crippen molar-refractivity contribution in [2.45, 2.75) is 12.3 Å². The van der Waals surface area contributed by atoms with Gasteiger partial charge in [0.25, 0.3) is 0 Å². The summed E-state index contributed by atoms with van der Waals surface area (Å²) in [5.41, 5.74) is -0.361. The van der Waals surface area contributed by atoms with Gasteiger partial charge < -0.3 is 15.3 Å². The lowest BCUT2D eigenvalue weighted by molar-refractivity contribution is 0.0688. The summed E-state index contributed by atoms with van der Waals surface area (Å²) in [6.45, 7) is 1.02. The first-order valence-corrected chi connectivity index (χ1v) is 4.59. The average Bonchev–Trinajstić information content (AvgIpc) is 2.28. The Morgan fingerprint density at radius 2 is 1.80 bits per heavy atom. The molecule has 0 fully saturated rings. The van der Waals surface area contributed by atoms with E-state index < -0.39 is 11.4 Å². The highest BCUT2D eigenvalue weighted by molar-refractivity contribution is 5.89. The van der Waals surface area contributed by atoms with Crippen LogP contribution >= 0.6 is 0 Å². The minimum Gasteiger partial charge on any atom is -0.478 e. The number of carbonyl (C=O) groups is 1. The quantitative estimate of drug-likeness (QED) is 0.681. The van der Waals surface area contributed by atoms with Crippen molar-refractivity contribution in [3.05, 3.63) is 35.4 Å². The topological polar surface area (TPSA) is 77.8 Å². The zero-order valence-corrected chi connectivity index (χ0v) is 8.47. The van der Waals surface area contributed by atoms with Crippen molar-refractivity contribution in [3.8, 4) is 0 Å². The summed E-state index contributed by atoms with van der Waals surface area (Å²) in [6.07, 6.45) is 0. The summed E-state index contributed by atoms with van der Waals surface area (Å²) in [4.78, 5) is 10.9. The predicted octanol–water partition coefficient (Wildman–Crippen LogP) is 0.627. The van der Waals surface area contributed by atoms with Crippen LogP contribution in [0.25, 0.3) is 0 Å². The fourth-order valence-corrected chi connectivity index (χ4v) is 1.42. The first kappa shape index (κ1) is 11.7. The molecule has 0 aliphatic carbocycles. The lowest BCUT2D eigenvalue weighted by Crippen LogP contribution is -2.32. The largest absolute Gasteiger partial charge is 0.478 e. The molecule has 0 aromatic heterocycles. The molecule has 15 heavy (non-hydrogen) atoms. The van der Waals surface area contributed by atoms with Crippen LogP contribution in [0.2, 0.25) is 0 Å². The second-order valence-corrected chi connectivity index (χ2v) is 3.73. The Bertz CT molecular complexity index is 355. The first-order valence-electron chi connectivity index (χ1n) is 4.59. The van der Waals surface area contributed by atoms with Gasteiger partial charge in [0.2, 0.25) is 0 Å². The molecule has 0 amide bonds. The molecule has 0 radical (unpaired) electrons. The van der Waals surface area contributed by atoms with Crippen LogP contribution in [0, 0.1) is 0 Å².